The third-order valence-electron chi connectivity index (χ3n) is 5.60. The summed E-state index contributed by atoms with van der Waals surface area (Å²) in [6, 6.07) is 11.3. The average molecular weight is 415 g/mol. The number of anilines is 2. The number of nitrogens with one attached hydrogen (secondary N) is 1. The summed E-state index contributed by atoms with van der Waals surface area (Å²) >= 11 is 5.74. The van der Waals surface area contributed by atoms with Gasteiger partial charge in [0.2, 0.25) is 5.91 Å². The molecular weight excluding hydrogens is 394 g/mol. The van der Waals surface area contributed by atoms with Crippen LogP contribution in [0.4, 0.5) is 16.3 Å². The van der Waals surface area contributed by atoms with Crippen molar-refractivity contribution in [2.45, 2.75) is 18.8 Å². The predicted octanol–water partition coefficient (Wildman–Crippen LogP) is 1.73. The first-order chi connectivity index (χ1) is 14.0. The maximum Gasteiger partial charge on any atom is 0.231 e. The number of carbonyl (C=O) groups is 2. The van der Waals surface area contributed by atoms with Gasteiger partial charge in [-0.2, -0.15) is 0 Å². The van der Waals surface area contributed by atoms with Crippen molar-refractivity contribution in [2.75, 3.05) is 36.4 Å². The lowest BCUT2D eigenvalue weighted by Crippen LogP contribution is -2.52. The molecule has 9 heteroatoms. The highest BCUT2D eigenvalue weighted by Crippen LogP contribution is 2.29. The fourth-order valence-electron chi connectivity index (χ4n) is 3.79. The van der Waals surface area contributed by atoms with Gasteiger partial charge in [0.15, 0.2) is 11.0 Å². The van der Waals surface area contributed by atoms with Crippen LogP contribution in [0.15, 0.2) is 36.4 Å². The van der Waals surface area contributed by atoms with Gasteiger partial charge in [0, 0.05) is 31.9 Å². The maximum atomic E-state index is 12.5. The van der Waals surface area contributed by atoms with Crippen LogP contribution >= 0.6 is 11.6 Å². The number of benzene rings is 1. The number of piperidine rings is 1. The van der Waals surface area contributed by atoms with Gasteiger partial charge in [-0.1, -0.05) is 23.7 Å². The smallest absolute Gasteiger partial charge is 0.231 e. The number of carbonyl (C=O) groups excluding carboxylic acids is 2. The normalized spacial score (nSPS) is 17.7. The summed E-state index contributed by atoms with van der Waals surface area (Å²) in [5.74, 6) is 0.933. The first-order valence-corrected chi connectivity index (χ1v) is 9.98. The molecule has 0 saturated carbocycles. The van der Waals surface area contributed by atoms with Crippen molar-refractivity contribution in [1.82, 2.24) is 15.1 Å². The minimum absolute atomic E-state index is 0.0156. The maximum absolute atomic E-state index is 12.5. The molecule has 2 saturated heterocycles. The van der Waals surface area contributed by atoms with Crippen LogP contribution in [0.1, 0.15) is 24.3 Å². The summed E-state index contributed by atoms with van der Waals surface area (Å²) in [4.78, 5) is 26.7. The zero-order chi connectivity index (χ0) is 20.4. The molecular formula is C20H21ClN5O3-. The van der Waals surface area contributed by atoms with Crippen LogP contribution < -0.4 is 15.3 Å². The summed E-state index contributed by atoms with van der Waals surface area (Å²) in [5, 5.41) is 22.0. The van der Waals surface area contributed by atoms with Gasteiger partial charge >= 0.3 is 0 Å². The van der Waals surface area contributed by atoms with Gasteiger partial charge in [-0.05, 0) is 48.6 Å². The molecule has 1 aromatic heterocycles. The van der Waals surface area contributed by atoms with Crippen molar-refractivity contribution in [1.29, 1.82) is 0 Å². The van der Waals surface area contributed by atoms with Crippen LogP contribution in [-0.2, 0) is 4.79 Å². The van der Waals surface area contributed by atoms with E-state index in [9.17, 15) is 14.7 Å². The molecule has 2 aliphatic heterocycles. The zero-order valence-electron chi connectivity index (χ0n) is 15.8. The molecule has 2 fully saturated rings. The zero-order valence-corrected chi connectivity index (χ0v) is 16.5. The Bertz CT molecular complexity index is 876. The quantitative estimate of drug-likeness (QED) is 0.817. The number of halogens is 1. The van der Waals surface area contributed by atoms with Gasteiger partial charge in [0.1, 0.15) is 6.09 Å². The van der Waals surface area contributed by atoms with E-state index in [4.69, 9.17) is 11.6 Å². The summed E-state index contributed by atoms with van der Waals surface area (Å²) in [7, 11) is 0. The van der Waals surface area contributed by atoms with E-state index in [1.807, 2.05) is 29.2 Å². The highest BCUT2D eigenvalue weighted by atomic mass is 35.5. The van der Waals surface area contributed by atoms with E-state index >= 15 is 0 Å². The number of rotatable bonds is 4. The predicted molar refractivity (Wildman–Crippen MR) is 107 cm³/mol. The van der Waals surface area contributed by atoms with E-state index in [1.165, 1.54) is 4.90 Å². The summed E-state index contributed by atoms with van der Waals surface area (Å²) in [6.45, 7) is 2.19. The number of amides is 2. The van der Waals surface area contributed by atoms with Crippen LogP contribution in [0.2, 0.25) is 5.15 Å². The lowest BCUT2D eigenvalue weighted by atomic mass is 9.89. The highest BCUT2D eigenvalue weighted by molar-refractivity contribution is 6.29. The summed E-state index contributed by atoms with van der Waals surface area (Å²) in [5.41, 5.74) is 1.92. The van der Waals surface area contributed by atoms with Crippen molar-refractivity contribution in [3.8, 4) is 0 Å². The van der Waals surface area contributed by atoms with E-state index in [-0.39, 0.29) is 11.8 Å². The number of hydrogen-bond donors (Lipinski definition) is 1. The largest absolute Gasteiger partial charge is 0.530 e. The number of nitrogens with zero attached hydrogens (tertiary/aromatic N) is 4. The molecule has 29 heavy (non-hydrogen) atoms. The molecule has 2 aromatic rings. The molecule has 0 radical (unpaired) electrons. The van der Waals surface area contributed by atoms with Crippen LogP contribution in [0.5, 0.6) is 0 Å². The number of carboxylic acid groups (broad SMARTS) is 1. The van der Waals surface area contributed by atoms with E-state index in [0.717, 1.165) is 24.1 Å². The van der Waals surface area contributed by atoms with Gasteiger partial charge in [0.25, 0.3) is 0 Å². The van der Waals surface area contributed by atoms with Crippen LogP contribution in [-0.4, -0.2) is 53.3 Å². The number of hydrogen-bond acceptors (Lipinski definition) is 6. The fourth-order valence-corrected chi connectivity index (χ4v) is 3.89. The van der Waals surface area contributed by atoms with Gasteiger partial charge in [-0.15, -0.1) is 10.2 Å². The minimum Gasteiger partial charge on any atom is -0.530 e. The summed E-state index contributed by atoms with van der Waals surface area (Å²) < 4.78 is 0. The van der Waals surface area contributed by atoms with Crippen molar-refractivity contribution in [3.05, 3.63) is 47.1 Å². The van der Waals surface area contributed by atoms with Crippen LogP contribution in [0.3, 0.4) is 0 Å². The van der Waals surface area contributed by atoms with E-state index in [2.05, 4.69) is 15.5 Å². The van der Waals surface area contributed by atoms with Gasteiger partial charge in [-0.3, -0.25) is 4.79 Å². The number of likely N-dealkylation sites (tertiary alicyclic amines) is 1. The Hall–Kier alpha value is -2.87. The number of aromatic nitrogens is 2. The topological polar surface area (TPSA) is 101 Å². The van der Waals surface area contributed by atoms with E-state index < -0.39 is 6.09 Å². The lowest BCUT2D eigenvalue weighted by molar-refractivity contribution is -0.266. The van der Waals surface area contributed by atoms with Gasteiger partial charge in [-0.25, -0.2) is 0 Å². The second-order valence-electron chi connectivity index (χ2n) is 7.45. The SMILES string of the molecule is O=C(Nc1ccc(C2CCN(C(=O)[O-])CC2)cc1)C1CN(c2ccc(Cl)nn2)C1. The second-order valence-corrected chi connectivity index (χ2v) is 7.84. The molecule has 0 aliphatic carbocycles. The standard InChI is InChI=1S/C20H22ClN5O3/c21-17-5-6-18(24-23-17)26-11-15(12-26)19(27)22-16-3-1-13(2-4-16)14-7-9-25(10-8-14)20(28)29/h1-6,14-15H,7-12H2,(H,22,27)(H,28,29)/p-1. The van der Waals surface area contributed by atoms with Crippen LogP contribution in [0, 0.1) is 5.92 Å². The van der Waals surface area contributed by atoms with Crippen molar-refractivity contribution < 1.29 is 14.7 Å². The lowest BCUT2D eigenvalue weighted by Gasteiger charge is -2.38. The summed E-state index contributed by atoms with van der Waals surface area (Å²) in [6.07, 6.45) is 0.468. The highest BCUT2D eigenvalue weighted by Gasteiger charge is 2.33. The Kier molecular flexibility index (Phi) is 5.53. The molecule has 1 N–H and O–H groups in total. The van der Waals surface area contributed by atoms with E-state index in [1.54, 1.807) is 12.1 Å². The molecule has 152 valence electrons. The second kappa shape index (κ2) is 8.24. The molecule has 0 spiro atoms. The van der Waals surface area contributed by atoms with Gasteiger partial charge < -0.3 is 25.0 Å². The average Bonchev–Trinajstić information content (AvgIpc) is 2.69. The Morgan fingerprint density at radius 2 is 1.72 bits per heavy atom. The van der Waals surface area contributed by atoms with Crippen molar-refractivity contribution in [3.63, 3.8) is 0 Å². The fraction of sp³-hybridized carbons (Fsp3) is 0.400. The molecule has 0 bridgehead atoms. The van der Waals surface area contributed by atoms with Crippen molar-refractivity contribution >= 4 is 35.1 Å². The first-order valence-electron chi connectivity index (χ1n) is 9.60. The van der Waals surface area contributed by atoms with Crippen molar-refractivity contribution in [2.24, 2.45) is 5.92 Å². The Morgan fingerprint density at radius 3 is 2.31 bits per heavy atom. The third-order valence-corrected chi connectivity index (χ3v) is 5.80. The molecule has 2 amide bonds. The van der Waals surface area contributed by atoms with Gasteiger partial charge in [0.05, 0.1) is 5.92 Å². The van der Waals surface area contributed by atoms with Crippen LogP contribution in [0.25, 0.3) is 0 Å². The molecule has 0 atom stereocenters. The molecule has 1 aromatic carbocycles. The molecule has 8 nitrogen and oxygen atoms in total. The van der Waals surface area contributed by atoms with E-state index in [0.29, 0.717) is 43.1 Å². The molecule has 2 aliphatic rings. The molecule has 4 rings (SSSR count). The third kappa shape index (κ3) is 4.42. The molecule has 0 unspecified atom stereocenters. The monoisotopic (exact) mass is 414 g/mol. The minimum atomic E-state index is -1.10. The Morgan fingerprint density at radius 1 is 1.03 bits per heavy atom. The Balaban J connectivity index is 1.27. The molecule has 3 heterocycles. The Labute approximate surface area is 173 Å². The first kappa shape index (κ1) is 19.4.